The molecule has 172 valence electrons. The van der Waals surface area contributed by atoms with Gasteiger partial charge in [-0.3, -0.25) is 4.79 Å². The maximum Gasteiger partial charge on any atom is 0.349 e. The number of benzene rings is 2. The smallest absolute Gasteiger partial charge is 0.349 e. The molecule has 2 N–H and O–H groups in total. The van der Waals surface area contributed by atoms with Crippen LogP contribution >= 0.6 is 0 Å². The number of aromatic nitrogens is 2. The number of nitrogens with zero attached hydrogens (tertiary/aromatic N) is 3. The Morgan fingerprint density at radius 3 is 2.59 bits per heavy atom. The number of nitrogens with one attached hydrogen (secondary N) is 2. The number of methoxy groups -OCH3 is 1. The lowest BCUT2D eigenvalue weighted by atomic mass is 10.1. The Balaban J connectivity index is 1.29. The zero-order valence-electron chi connectivity index (χ0n) is 18.6. The van der Waals surface area contributed by atoms with Crippen LogP contribution in [0.1, 0.15) is 23.2 Å². The van der Waals surface area contributed by atoms with Crippen LogP contribution in [0.3, 0.4) is 0 Å². The number of carbonyl (C=O) groups is 1. The number of carbonyl (C=O) groups excluding carboxylic acids is 1. The highest BCUT2D eigenvalue weighted by Crippen LogP contribution is 2.26. The fourth-order valence-electron chi connectivity index (χ4n) is 3.99. The number of para-hydroxylation sites is 1. The van der Waals surface area contributed by atoms with Gasteiger partial charge in [0.15, 0.2) is 17.2 Å². The Morgan fingerprint density at radius 2 is 1.82 bits per heavy atom. The summed E-state index contributed by atoms with van der Waals surface area (Å²) in [5, 5.41) is 14.8. The molecule has 0 saturated carbocycles. The van der Waals surface area contributed by atoms with Crippen molar-refractivity contribution < 1.29 is 13.9 Å². The molecular weight excluding hydrogens is 434 g/mol. The van der Waals surface area contributed by atoms with E-state index >= 15 is 0 Å². The fraction of sp³-hybridized carbons (Fsp3) is 0.200. The van der Waals surface area contributed by atoms with Crippen LogP contribution in [0.4, 0.5) is 22.9 Å². The third kappa shape index (κ3) is 4.40. The van der Waals surface area contributed by atoms with Gasteiger partial charge in [0, 0.05) is 35.9 Å². The van der Waals surface area contributed by atoms with Crippen LogP contribution in [0.5, 0.6) is 5.75 Å². The summed E-state index contributed by atoms with van der Waals surface area (Å²) in [6.07, 6.45) is 4.15. The van der Waals surface area contributed by atoms with Crippen LogP contribution in [0.2, 0.25) is 0 Å². The van der Waals surface area contributed by atoms with Gasteiger partial charge in [-0.2, -0.15) is 5.10 Å². The number of fused-ring (bicyclic) bond motifs is 1. The van der Waals surface area contributed by atoms with Crippen LogP contribution in [-0.4, -0.2) is 36.3 Å². The summed E-state index contributed by atoms with van der Waals surface area (Å²) in [4.78, 5) is 27.4. The van der Waals surface area contributed by atoms with Crippen molar-refractivity contribution in [3.05, 3.63) is 76.8 Å². The van der Waals surface area contributed by atoms with Gasteiger partial charge in [0.2, 0.25) is 0 Å². The fourth-order valence-corrected chi connectivity index (χ4v) is 3.99. The second kappa shape index (κ2) is 9.22. The van der Waals surface area contributed by atoms with E-state index in [1.54, 1.807) is 36.5 Å². The molecule has 1 amide bonds. The van der Waals surface area contributed by atoms with Crippen molar-refractivity contribution in [3.8, 4) is 5.75 Å². The Morgan fingerprint density at radius 1 is 1.06 bits per heavy atom. The first-order valence-electron chi connectivity index (χ1n) is 11.0. The lowest BCUT2D eigenvalue weighted by molar-refractivity contribution is 0.102. The standard InChI is InChI=1S/C25H23N5O4/c1-33-21-6-4-5-16-13-20(25(32)34-23(16)21)24(31)28-18-9-7-17(8-10-18)27-22-14-19(15-26-29-22)30-11-2-3-12-30/h4-10,13-15H,2-3,11-12H2,1H3,(H,27,29)(H,28,31). The Labute approximate surface area is 195 Å². The van der Waals surface area contributed by atoms with Gasteiger partial charge in [-0.15, -0.1) is 5.10 Å². The highest BCUT2D eigenvalue weighted by molar-refractivity contribution is 6.05. The molecule has 0 aliphatic carbocycles. The van der Waals surface area contributed by atoms with Gasteiger partial charge >= 0.3 is 5.63 Å². The highest BCUT2D eigenvalue weighted by Gasteiger charge is 2.16. The number of hydrogen-bond acceptors (Lipinski definition) is 8. The van der Waals surface area contributed by atoms with Crippen molar-refractivity contribution in [3.63, 3.8) is 0 Å². The zero-order valence-corrected chi connectivity index (χ0v) is 18.6. The predicted octanol–water partition coefficient (Wildman–Crippen LogP) is 4.19. The molecule has 34 heavy (non-hydrogen) atoms. The maximum absolute atomic E-state index is 12.7. The minimum atomic E-state index is -0.732. The number of ether oxygens (including phenoxy) is 1. The zero-order chi connectivity index (χ0) is 23.5. The lowest BCUT2D eigenvalue weighted by Gasteiger charge is -2.17. The van der Waals surface area contributed by atoms with Crippen molar-refractivity contribution in [2.24, 2.45) is 0 Å². The summed E-state index contributed by atoms with van der Waals surface area (Å²) in [6.45, 7) is 2.06. The normalized spacial score (nSPS) is 13.1. The summed E-state index contributed by atoms with van der Waals surface area (Å²) >= 11 is 0. The minimum absolute atomic E-state index is 0.0862. The summed E-state index contributed by atoms with van der Waals surface area (Å²) in [5.74, 6) is 0.522. The molecule has 0 unspecified atom stereocenters. The van der Waals surface area contributed by atoms with Gasteiger partial charge in [-0.1, -0.05) is 12.1 Å². The molecule has 0 bridgehead atoms. The monoisotopic (exact) mass is 457 g/mol. The lowest BCUT2D eigenvalue weighted by Crippen LogP contribution is -2.20. The first kappa shape index (κ1) is 21.4. The first-order chi connectivity index (χ1) is 16.6. The van der Waals surface area contributed by atoms with Crippen molar-refractivity contribution in [2.45, 2.75) is 12.8 Å². The molecule has 9 nitrogen and oxygen atoms in total. The van der Waals surface area contributed by atoms with Gasteiger partial charge in [0.1, 0.15) is 5.56 Å². The van der Waals surface area contributed by atoms with Crippen LogP contribution < -0.4 is 25.9 Å². The average Bonchev–Trinajstić information content (AvgIpc) is 3.40. The molecule has 4 aromatic rings. The second-order valence-electron chi connectivity index (χ2n) is 7.98. The van der Waals surface area contributed by atoms with E-state index in [0.29, 0.717) is 28.2 Å². The van der Waals surface area contributed by atoms with Gasteiger partial charge in [-0.25, -0.2) is 4.79 Å². The summed E-state index contributed by atoms with van der Waals surface area (Å²) in [7, 11) is 1.49. The van der Waals surface area contributed by atoms with E-state index < -0.39 is 11.5 Å². The molecule has 1 saturated heterocycles. The van der Waals surface area contributed by atoms with E-state index in [0.717, 1.165) is 24.5 Å². The molecule has 1 aliphatic heterocycles. The predicted molar refractivity (Wildman–Crippen MR) is 130 cm³/mol. The molecule has 9 heteroatoms. The Kier molecular flexibility index (Phi) is 5.82. The van der Waals surface area contributed by atoms with Crippen molar-refractivity contribution in [1.29, 1.82) is 0 Å². The largest absolute Gasteiger partial charge is 0.493 e. The van der Waals surface area contributed by atoms with Crippen LogP contribution in [0.25, 0.3) is 11.0 Å². The Bertz CT molecular complexity index is 1390. The summed E-state index contributed by atoms with van der Waals surface area (Å²) < 4.78 is 10.6. The minimum Gasteiger partial charge on any atom is -0.493 e. The molecular formula is C25H23N5O4. The van der Waals surface area contributed by atoms with Gasteiger partial charge in [-0.05, 0) is 49.2 Å². The SMILES string of the molecule is COc1cccc2cc(C(=O)Nc3ccc(Nc4cc(N5CCCC5)cnn4)cc3)c(=O)oc12. The van der Waals surface area contributed by atoms with Gasteiger partial charge in [0.25, 0.3) is 5.91 Å². The molecule has 1 fully saturated rings. The third-order valence-electron chi connectivity index (χ3n) is 5.71. The van der Waals surface area contributed by atoms with Crippen LogP contribution in [0.15, 0.2) is 70.0 Å². The molecule has 5 rings (SSSR count). The van der Waals surface area contributed by atoms with Crippen molar-refractivity contribution >= 4 is 39.8 Å². The van der Waals surface area contributed by atoms with E-state index in [-0.39, 0.29) is 5.56 Å². The van der Waals surface area contributed by atoms with Crippen molar-refractivity contribution in [2.75, 3.05) is 35.7 Å². The van der Waals surface area contributed by atoms with Crippen molar-refractivity contribution in [1.82, 2.24) is 10.2 Å². The molecule has 3 heterocycles. The molecule has 2 aromatic heterocycles. The van der Waals surface area contributed by atoms with E-state index in [2.05, 4.69) is 25.7 Å². The summed E-state index contributed by atoms with van der Waals surface area (Å²) in [6, 6.07) is 15.8. The highest BCUT2D eigenvalue weighted by atomic mass is 16.5. The third-order valence-corrected chi connectivity index (χ3v) is 5.71. The van der Waals surface area contributed by atoms with Crippen LogP contribution in [0, 0.1) is 0 Å². The topological polar surface area (TPSA) is 110 Å². The van der Waals surface area contributed by atoms with Crippen LogP contribution in [-0.2, 0) is 0 Å². The van der Waals surface area contributed by atoms with Gasteiger partial charge < -0.3 is 24.7 Å². The Hall–Kier alpha value is -4.40. The number of amides is 1. The molecule has 0 atom stereocenters. The number of rotatable bonds is 6. The second-order valence-corrected chi connectivity index (χ2v) is 7.98. The maximum atomic E-state index is 12.7. The van der Waals surface area contributed by atoms with E-state index in [1.165, 1.54) is 26.0 Å². The quantitative estimate of drug-likeness (QED) is 0.415. The summed E-state index contributed by atoms with van der Waals surface area (Å²) in [5.41, 5.74) is 1.87. The molecule has 1 aliphatic rings. The number of hydrogen-bond donors (Lipinski definition) is 2. The van der Waals surface area contributed by atoms with Gasteiger partial charge in [0.05, 0.1) is 19.0 Å². The van der Waals surface area contributed by atoms with E-state index in [9.17, 15) is 9.59 Å². The number of anilines is 4. The first-order valence-corrected chi connectivity index (χ1v) is 11.0. The van der Waals surface area contributed by atoms with E-state index in [1.807, 2.05) is 18.2 Å². The molecule has 0 radical (unpaired) electrons. The average molecular weight is 457 g/mol. The molecule has 2 aromatic carbocycles. The van der Waals surface area contributed by atoms with E-state index in [4.69, 9.17) is 9.15 Å². The molecule has 0 spiro atoms.